The van der Waals surface area contributed by atoms with E-state index in [0.717, 1.165) is 6.42 Å². The quantitative estimate of drug-likeness (QED) is 0.363. The van der Waals surface area contributed by atoms with Gasteiger partial charge in [0.05, 0.1) is 35.8 Å². The van der Waals surface area contributed by atoms with Gasteiger partial charge in [-0.05, 0) is 49.6 Å². The minimum atomic E-state index is -1.43. The zero-order valence-electron chi connectivity index (χ0n) is 16.7. The first-order valence-corrected chi connectivity index (χ1v) is 9.97. The van der Waals surface area contributed by atoms with Gasteiger partial charge in [-0.25, -0.2) is 4.79 Å². The van der Waals surface area contributed by atoms with Crippen molar-refractivity contribution in [1.29, 1.82) is 0 Å². The van der Waals surface area contributed by atoms with Gasteiger partial charge >= 0.3 is 35.6 Å². The summed E-state index contributed by atoms with van der Waals surface area (Å²) in [7, 11) is 0. The van der Waals surface area contributed by atoms with E-state index in [0.29, 0.717) is 29.1 Å². The Kier molecular flexibility index (Phi) is 6.84. The van der Waals surface area contributed by atoms with Crippen molar-refractivity contribution in [3.8, 4) is 0 Å². The van der Waals surface area contributed by atoms with E-state index in [2.05, 4.69) is 10.6 Å². The number of carbonyl (C=O) groups excluding carboxylic acids is 3. The molecule has 1 aromatic rings. The molecule has 3 aliphatic rings. The number of nitrogens with one attached hydrogen (secondary N) is 2. The number of fused-ring (bicyclic) bond motifs is 3. The van der Waals surface area contributed by atoms with Crippen molar-refractivity contribution >= 4 is 35.2 Å². The van der Waals surface area contributed by atoms with E-state index in [1.54, 1.807) is 24.3 Å². The summed E-state index contributed by atoms with van der Waals surface area (Å²) in [5.74, 6) is -2.68. The number of carbonyl (C=O) groups is 3. The zero-order chi connectivity index (χ0) is 20.9. The molecule has 0 aromatic heterocycles. The van der Waals surface area contributed by atoms with E-state index in [4.69, 9.17) is 11.6 Å². The van der Waals surface area contributed by atoms with Crippen molar-refractivity contribution in [1.82, 2.24) is 10.2 Å². The number of carboxylic acid groups (broad SMARTS) is 1. The van der Waals surface area contributed by atoms with E-state index in [1.807, 2.05) is 0 Å². The fourth-order valence-corrected chi connectivity index (χ4v) is 5.01. The molecule has 2 fully saturated rings. The Bertz CT molecular complexity index is 904. The van der Waals surface area contributed by atoms with Gasteiger partial charge in [0.2, 0.25) is 5.91 Å². The van der Waals surface area contributed by atoms with Crippen LogP contribution in [-0.2, 0) is 9.59 Å². The average Bonchev–Trinajstić information content (AvgIpc) is 2.95. The van der Waals surface area contributed by atoms with Crippen LogP contribution in [0.1, 0.15) is 26.2 Å². The summed E-state index contributed by atoms with van der Waals surface area (Å²) in [5, 5.41) is 27.9. The molecule has 30 heavy (non-hydrogen) atoms. The molecule has 1 aliphatic carbocycles. The van der Waals surface area contributed by atoms with Crippen molar-refractivity contribution in [2.24, 2.45) is 11.8 Å². The molecule has 8 nitrogen and oxygen atoms in total. The molecule has 1 saturated carbocycles. The SMILES string of the molecule is CC(O)[C@H]1C(=O)N2C(C(=O)[O-])=C3[C@@H](NC(=O)Nc4ccc(Cl)cc4)CCC[C@@H]3[C@H]12.[Na+]. The van der Waals surface area contributed by atoms with Gasteiger partial charge in [0.25, 0.3) is 0 Å². The van der Waals surface area contributed by atoms with Gasteiger partial charge in [0.15, 0.2) is 0 Å². The minimum Gasteiger partial charge on any atom is -0.543 e. The Balaban J connectivity index is 0.00000256. The Labute approximate surface area is 200 Å². The predicted octanol–water partition coefficient (Wildman–Crippen LogP) is -2.14. The average molecular weight is 442 g/mol. The van der Waals surface area contributed by atoms with Gasteiger partial charge in [-0.1, -0.05) is 18.0 Å². The Morgan fingerprint density at radius 2 is 1.93 bits per heavy atom. The molecule has 1 saturated heterocycles. The molecule has 2 aliphatic heterocycles. The van der Waals surface area contributed by atoms with E-state index < -0.39 is 42.0 Å². The van der Waals surface area contributed by atoms with Crippen LogP contribution in [0.25, 0.3) is 0 Å². The van der Waals surface area contributed by atoms with Crippen LogP contribution in [-0.4, -0.2) is 46.1 Å². The van der Waals surface area contributed by atoms with Crippen LogP contribution in [0.2, 0.25) is 5.02 Å². The zero-order valence-corrected chi connectivity index (χ0v) is 19.5. The number of benzene rings is 1. The summed E-state index contributed by atoms with van der Waals surface area (Å²) in [6.07, 6.45) is 1.16. The molecule has 0 radical (unpaired) electrons. The predicted molar refractivity (Wildman–Crippen MR) is 103 cm³/mol. The van der Waals surface area contributed by atoms with E-state index in [9.17, 15) is 24.6 Å². The Hall–Kier alpha value is -1.58. The summed E-state index contributed by atoms with van der Waals surface area (Å²) < 4.78 is 0. The normalized spacial score (nSPS) is 28.0. The molecule has 0 bridgehead atoms. The van der Waals surface area contributed by atoms with Crippen LogP contribution in [0.15, 0.2) is 35.5 Å². The monoisotopic (exact) mass is 441 g/mol. The number of aliphatic carboxylic acids is 1. The standard InChI is InChI=1S/C20H22ClN3O5.Na/c1-9(25)14-16-12-3-2-4-13(15(12)17(19(27)28)24(16)18(14)26)23-20(29)22-11-7-5-10(21)6-8-11;/h5-9,12-14,16,25H,2-4H2,1H3,(H,27,28)(H2,22,23,29);/q;+1/p-1/t9?,12-,13-,14+,16+;/m0./s1. The molecule has 5 atom stereocenters. The maximum atomic E-state index is 12.5. The summed E-state index contributed by atoms with van der Waals surface area (Å²) in [6, 6.07) is 5.21. The number of aliphatic hydroxyl groups excluding tert-OH is 1. The van der Waals surface area contributed by atoms with Crippen molar-refractivity contribution in [2.75, 3.05) is 5.32 Å². The van der Waals surface area contributed by atoms with Crippen LogP contribution in [0.3, 0.4) is 0 Å². The summed E-state index contributed by atoms with van der Waals surface area (Å²) in [5.41, 5.74) is 0.912. The second-order valence-corrected chi connectivity index (χ2v) is 8.19. The summed E-state index contributed by atoms with van der Waals surface area (Å²) in [4.78, 5) is 38.1. The first-order chi connectivity index (χ1) is 13.8. The number of halogens is 1. The molecule has 4 rings (SSSR count). The van der Waals surface area contributed by atoms with Crippen LogP contribution in [0, 0.1) is 11.8 Å². The first kappa shape index (κ1) is 23.1. The number of hydrogen-bond donors (Lipinski definition) is 3. The van der Waals surface area contributed by atoms with Crippen LogP contribution >= 0.6 is 11.6 Å². The maximum absolute atomic E-state index is 12.5. The molecule has 1 unspecified atom stereocenters. The number of nitrogens with zero attached hydrogens (tertiary/aromatic N) is 1. The van der Waals surface area contributed by atoms with E-state index in [1.165, 1.54) is 11.8 Å². The van der Waals surface area contributed by atoms with Crippen molar-refractivity contribution in [3.05, 3.63) is 40.6 Å². The number of hydrogen-bond acceptors (Lipinski definition) is 5. The molecule has 3 N–H and O–H groups in total. The molecule has 154 valence electrons. The van der Waals surface area contributed by atoms with Crippen molar-refractivity contribution < 1.29 is 54.2 Å². The number of carboxylic acids is 1. The number of aliphatic hydroxyl groups is 1. The Morgan fingerprint density at radius 1 is 1.27 bits per heavy atom. The number of β-lactam (4-membered cyclic amide) rings is 1. The van der Waals surface area contributed by atoms with E-state index in [-0.39, 0.29) is 41.2 Å². The smallest absolute Gasteiger partial charge is 0.543 e. The van der Waals surface area contributed by atoms with Gasteiger partial charge < -0.3 is 30.5 Å². The molecule has 2 heterocycles. The third-order valence-corrected chi connectivity index (χ3v) is 6.27. The van der Waals surface area contributed by atoms with Crippen LogP contribution < -0.4 is 45.3 Å². The maximum Gasteiger partial charge on any atom is 1.00 e. The van der Waals surface area contributed by atoms with Crippen LogP contribution in [0.4, 0.5) is 10.5 Å². The fraction of sp³-hybridized carbons (Fsp3) is 0.450. The van der Waals surface area contributed by atoms with Crippen molar-refractivity contribution in [2.45, 2.75) is 44.4 Å². The minimum absolute atomic E-state index is 0. The summed E-state index contributed by atoms with van der Waals surface area (Å²) in [6.45, 7) is 1.54. The first-order valence-electron chi connectivity index (χ1n) is 9.59. The molecular formula is C20H21ClN3NaO5. The van der Waals surface area contributed by atoms with Gasteiger partial charge in [-0.15, -0.1) is 0 Å². The molecule has 10 heteroatoms. The van der Waals surface area contributed by atoms with Gasteiger partial charge in [0, 0.05) is 16.6 Å². The second-order valence-electron chi connectivity index (χ2n) is 7.75. The van der Waals surface area contributed by atoms with E-state index >= 15 is 0 Å². The second kappa shape index (κ2) is 8.88. The third kappa shape index (κ3) is 3.87. The van der Waals surface area contributed by atoms with Crippen molar-refractivity contribution in [3.63, 3.8) is 0 Å². The molecule has 1 aromatic carbocycles. The topological polar surface area (TPSA) is 122 Å². The van der Waals surface area contributed by atoms with Crippen LogP contribution in [0.5, 0.6) is 0 Å². The summed E-state index contributed by atoms with van der Waals surface area (Å²) >= 11 is 5.84. The number of urea groups is 1. The number of amides is 3. The molecular weight excluding hydrogens is 421 g/mol. The van der Waals surface area contributed by atoms with Gasteiger partial charge in [-0.3, -0.25) is 4.79 Å². The molecule has 3 amide bonds. The molecule has 0 spiro atoms. The van der Waals surface area contributed by atoms with Gasteiger partial charge in [-0.2, -0.15) is 0 Å². The Morgan fingerprint density at radius 3 is 2.53 bits per heavy atom. The largest absolute Gasteiger partial charge is 1.00 e. The fourth-order valence-electron chi connectivity index (χ4n) is 4.88. The van der Waals surface area contributed by atoms with Gasteiger partial charge in [0.1, 0.15) is 0 Å². The number of rotatable bonds is 4. The number of anilines is 1. The third-order valence-electron chi connectivity index (χ3n) is 6.02.